The molecule has 0 amide bonds. The van der Waals surface area contributed by atoms with Gasteiger partial charge in [0.05, 0.1) is 21.3 Å². The number of thiophene rings is 1. The summed E-state index contributed by atoms with van der Waals surface area (Å²) in [5.41, 5.74) is 19.1. The average molecular weight is 916 g/mol. The van der Waals surface area contributed by atoms with E-state index in [9.17, 15) is 0 Å². The van der Waals surface area contributed by atoms with Gasteiger partial charge in [0, 0.05) is 76.0 Å². The summed E-state index contributed by atoms with van der Waals surface area (Å²) >= 11 is 3.74. The summed E-state index contributed by atoms with van der Waals surface area (Å²) in [5.74, 6) is 0. The molecule has 0 fully saturated rings. The van der Waals surface area contributed by atoms with Gasteiger partial charge in [-0.15, -0.1) is 22.7 Å². The number of hydrogen-bond acceptors (Lipinski definition) is 5. The van der Waals surface area contributed by atoms with E-state index in [0.717, 1.165) is 49.4 Å². The standard InChI is InChI=1S/C61H50BN3OS2/c1-59(2,3)34-19-23-37(24-20-34)65-46-31-49-40(39-27-36(61(7,8)9)22-26-48(39)66-49)29-42(46)52-53-38-17-13-14-18-50(38)67-57(53)54-41-28-35(60(4,5)6)21-25-45(41)64-47-32-51-44(30-43(47)62(65)55(52)56(54)64)63-58(68-51)33-15-11-10-12-16-33/h10-32H,1-9H3. The SMILES string of the molecule is CC(C)(C)c1ccc(N2B3c4cc5nc(-c6ccccc6)sc5cc4-n4c5ccc(C(C)(C)C)cc5c5c6sc7ccccc7c6c(c3c54)-c3cc4c(cc32)oc2ccc(C(C)(C)C)cc24)cc1. The highest BCUT2D eigenvalue weighted by molar-refractivity contribution is 7.27. The van der Waals surface area contributed by atoms with Gasteiger partial charge in [0.25, 0.3) is 0 Å². The van der Waals surface area contributed by atoms with Crippen LogP contribution in [0.4, 0.5) is 11.4 Å². The number of anilines is 2. The van der Waals surface area contributed by atoms with Crippen molar-refractivity contribution in [3.05, 3.63) is 156 Å². The van der Waals surface area contributed by atoms with Gasteiger partial charge in [-0.1, -0.05) is 135 Å². The second kappa shape index (κ2) is 13.5. The Morgan fingerprint density at radius 2 is 1.22 bits per heavy atom. The molecule has 0 spiro atoms. The molecule has 0 bridgehead atoms. The Morgan fingerprint density at radius 3 is 1.97 bits per heavy atom. The second-order valence-electron chi connectivity index (χ2n) is 22.4. The molecule has 0 atom stereocenters. The Labute approximate surface area is 404 Å². The van der Waals surface area contributed by atoms with Crippen molar-refractivity contribution in [2.24, 2.45) is 0 Å². The van der Waals surface area contributed by atoms with Crippen LogP contribution >= 0.6 is 22.7 Å². The average Bonchev–Trinajstić information content (AvgIpc) is 4.09. The molecule has 0 saturated carbocycles. The van der Waals surface area contributed by atoms with Gasteiger partial charge in [-0.25, -0.2) is 4.98 Å². The van der Waals surface area contributed by atoms with E-state index in [-0.39, 0.29) is 23.1 Å². The molecular formula is C61H50BN3OS2. The van der Waals surface area contributed by atoms with Gasteiger partial charge < -0.3 is 13.8 Å². The van der Waals surface area contributed by atoms with E-state index in [4.69, 9.17) is 9.40 Å². The zero-order chi connectivity index (χ0) is 46.3. The van der Waals surface area contributed by atoms with E-state index in [0.29, 0.717) is 0 Å². The molecule has 0 saturated heterocycles. The zero-order valence-corrected chi connectivity index (χ0v) is 41.6. The summed E-state index contributed by atoms with van der Waals surface area (Å²) in [4.78, 5) is 8.07. The molecule has 4 aromatic heterocycles. The van der Waals surface area contributed by atoms with Crippen molar-refractivity contribution >= 4 is 126 Å². The first-order chi connectivity index (χ1) is 32.6. The van der Waals surface area contributed by atoms with Crippen molar-refractivity contribution in [1.82, 2.24) is 9.55 Å². The lowest BCUT2D eigenvalue weighted by molar-refractivity contribution is 0.590. The molecule has 0 aliphatic carbocycles. The Hall–Kier alpha value is -6.67. The first-order valence-electron chi connectivity index (χ1n) is 24.0. The number of benzene rings is 8. The predicted molar refractivity (Wildman–Crippen MR) is 295 cm³/mol. The molecule has 7 heteroatoms. The van der Waals surface area contributed by atoms with Gasteiger partial charge in [0.1, 0.15) is 16.2 Å². The fourth-order valence-corrected chi connectivity index (χ4v) is 13.8. The maximum Gasteiger partial charge on any atom is 0.333 e. The van der Waals surface area contributed by atoms with E-state index in [1.807, 2.05) is 11.3 Å². The van der Waals surface area contributed by atoms with Crippen molar-refractivity contribution in [3.8, 4) is 27.4 Å². The summed E-state index contributed by atoms with van der Waals surface area (Å²) in [7, 11) is 0. The molecule has 0 radical (unpaired) electrons. The fraction of sp³-hybridized carbons (Fsp3) is 0.197. The Kier molecular flexibility index (Phi) is 8.04. The van der Waals surface area contributed by atoms with Crippen molar-refractivity contribution in [1.29, 1.82) is 0 Å². The van der Waals surface area contributed by atoms with E-state index in [1.165, 1.54) is 91.1 Å². The van der Waals surface area contributed by atoms with Crippen LogP contribution in [-0.4, -0.2) is 16.4 Å². The summed E-state index contributed by atoms with van der Waals surface area (Å²) in [6.07, 6.45) is 0. The first-order valence-corrected chi connectivity index (χ1v) is 25.6. The van der Waals surface area contributed by atoms with Crippen molar-refractivity contribution in [2.45, 2.75) is 78.6 Å². The van der Waals surface area contributed by atoms with Crippen LogP contribution in [0.15, 0.2) is 144 Å². The summed E-state index contributed by atoms with van der Waals surface area (Å²) in [5, 5.41) is 8.66. The lowest BCUT2D eigenvalue weighted by Gasteiger charge is -2.42. The molecule has 330 valence electrons. The Balaban J connectivity index is 1.20. The molecule has 2 aliphatic rings. The molecule has 6 heterocycles. The minimum absolute atomic E-state index is 0.00598. The van der Waals surface area contributed by atoms with Crippen LogP contribution in [0.2, 0.25) is 0 Å². The predicted octanol–water partition coefficient (Wildman–Crippen LogP) is 16.5. The van der Waals surface area contributed by atoms with Crippen molar-refractivity contribution < 1.29 is 4.42 Å². The number of thiazole rings is 1. The number of nitrogens with zero attached hydrogens (tertiary/aromatic N) is 3. The van der Waals surface area contributed by atoms with E-state index < -0.39 is 0 Å². The molecule has 14 rings (SSSR count). The molecule has 4 nitrogen and oxygen atoms in total. The highest BCUT2D eigenvalue weighted by atomic mass is 32.1. The zero-order valence-electron chi connectivity index (χ0n) is 39.9. The molecule has 0 unspecified atom stereocenters. The van der Waals surface area contributed by atoms with E-state index in [1.54, 1.807) is 11.3 Å². The van der Waals surface area contributed by atoms with Gasteiger partial charge in [0.2, 0.25) is 0 Å². The van der Waals surface area contributed by atoms with E-state index >= 15 is 0 Å². The lowest BCUT2D eigenvalue weighted by Crippen LogP contribution is -2.60. The van der Waals surface area contributed by atoms with Crippen LogP contribution in [0.1, 0.15) is 79.0 Å². The van der Waals surface area contributed by atoms with Crippen LogP contribution in [0.5, 0.6) is 0 Å². The molecule has 68 heavy (non-hydrogen) atoms. The molecular weight excluding hydrogens is 866 g/mol. The van der Waals surface area contributed by atoms with Crippen molar-refractivity contribution in [2.75, 3.05) is 4.81 Å². The van der Waals surface area contributed by atoms with Gasteiger partial charge in [-0.05, 0) is 110 Å². The van der Waals surface area contributed by atoms with Crippen molar-refractivity contribution in [3.63, 3.8) is 0 Å². The summed E-state index contributed by atoms with van der Waals surface area (Å²) in [6, 6.07) is 53.0. The lowest BCUT2D eigenvalue weighted by atomic mass is 9.43. The van der Waals surface area contributed by atoms with Crippen LogP contribution in [-0.2, 0) is 16.2 Å². The smallest absolute Gasteiger partial charge is 0.333 e. The molecule has 12 aromatic rings. The third kappa shape index (κ3) is 5.57. The number of aromatic nitrogens is 2. The monoisotopic (exact) mass is 915 g/mol. The van der Waals surface area contributed by atoms with Gasteiger partial charge in [0.15, 0.2) is 0 Å². The van der Waals surface area contributed by atoms with Gasteiger partial charge in [-0.2, -0.15) is 0 Å². The van der Waals surface area contributed by atoms with Gasteiger partial charge >= 0.3 is 6.85 Å². The molecule has 0 N–H and O–H groups in total. The maximum absolute atomic E-state index is 6.93. The van der Waals surface area contributed by atoms with Crippen LogP contribution < -0.4 is 15.7 Å². The number of rotatable bonds is 2. The van der Waals surface area contributed by atoms with Crippen LogP contribution in [0.3, 0.4) is 0 Å². The second-order valence-corrected chi connectivity index (χ2v) is 24.5. The van der Waals surface area contributed by atoms with Gasteiger partial charge in [-0.3, -0.25) is 0 Å². The third-order valence-corrected chi connectivity index (χ3v) is 17.3. The number of furan rings is 1. The maximum atomic E-state index is 6.93. The highest BCUT2D eigenvalue weighted by Gasteiger charge is 2.46. The first kappa shape index (κ1) is 40.4. The Morgan fingerprint density at radius 1 is 0.544 bits per heavy atom. The quantitative estimate of drug-likeness (QED) is 0.162. The largest absolute Gasteiger partial charge is 0.456 e. The van der Waals surface area contributed by atoms with Crippen LogP contribution in [0, 0.1) is 0 Å². The van der Waals surface area contributed by atoms with Crippen LogP contribution in [0.25, 0.3) is 102 Å². The number of hydrogen-bond donors (Lipinski definition) is 0. The summed E-state index contributed by atoms with van der Waals surface area (Å²) < 4.78 is 13.4. The minimum Gasteiger partial charge on any atom is -0.456 e. The topological polar surface area (TPSA) is 34.2 Å². The van der Waals surface area contributed by atoms with E-state index in [2.05, 4.69) is 211 Å². The third-order valence-electron chi connectivity index (χ3n) is 15.0. The summed E-state index contributed by atoms with van der Waals surface area (Å²) in [6.45, 7) is 20.6. The fourth-order valence-electron chi connectivity index (χ4n) is 11.5. The normalized spacial score (nSPS) is 13.9. The Bertz CT molecular complexity index is 4150. The minimum atomic E-state index is -0.182. The number of fused-ring (bicyclic) bond motifs is 17. The molecule has 2 aliphatic heterocycles. The highest BCUT2D eigenvalue weighted by Crippen LogP contribution is 2.54. The molecule has 8 aromatic carbocycles.